The number of nitrogen functional groups attached to an aromatic ring is 1. The molecule has 29 heavy (non-hydrogen) atoms. The van der Waals surface area contributed by atoms with Crippen LogP contribution >= 0.6 is 0 Å². The first kappa shape index (κ1) is 18.9. The predicted molar refractivity (Wildman–Crippen MR) is 110 cm³/mol. The van der Waals surface area contributed by atoms with Gasteiger partial charge in [0, 0.05) is 37.8 Å². The molecule has 150 valence electrons. The molecule has 8 heteroatoms. The molecule has 0 radical (unpaired) electrons. The maximum Gasteiger partial charge on any atom is 0.345 e. The summed E-state index contributed by atoms with van der Waals surface area (Å²) < 4.78 is 3.15. The lowest BCUT2D eigenvalue weighted by Gasteiger charge is -2.31. The number of likely N-dealkylation sites (tertiary alicyclic amines) is 1. The van der Waals surface area contributed by atoms with Crippen LogP contribution in [0.25, 0.3) is 0 Å². The lowest BCUT2D eigenvalue weighted by atomic mass is 9.95. The molecule has 0 unspecified atom stereocenters. The monoisotopic (exact) mass is 392 g/mol. The summed E-state index contributed by atoms with van der Waals surface area (Å²) in [7, 11) is 1.68. The minimum atomic E-state index is -0.116. The van der Waals surface area contributed by atoms with Gasteiger partial charge in [-0.2, -0.15) is 5.10 Å². The molecule has 3 heterocycles. The fourth-order valence-electron chi connectivity index (χ4n) is 3.84. The number of anilines is 1. The van der Waals surface area contributed by atoms with Crippen LogP contribution in [-0.2, 0) is 13.6 Å². The molecular formula is C21H24N6O2. The minimum absolute atomic E-state index is 0.0414. The number of hydrogen-bond donors (Lipinski definition) is 1. The summed E-state index contributed by atoms with van der Waals surface area (Å²) in [6.07, 6.45) is 3.07. The first-order chi connectivity index (χ1) is 14.0. The molecule has 0 spiro atoms. The standard InChI is InChI=1S/C21H24N6O2/c1-25-21(29)27(14-15-5-3-2-4-6-15)19(24-25)16-8-11-26(12-9-16)20(28)17-7-10-23-18(22)13-17/h2-7,10,13,16H,8-9,11-12,14H2,1H3,(H2,22,23). The number of nitrogens with two attached hydrogens (primary N) is 1. The molecule has 0 aliphatic carbocycles. The Bertz CT molecular complexity index is 1060. The maximum atomic E-state index is 12.7. The molecule has 4 rings (SSSR count). The highest BCUT2D eigenvalue weighted by Gasteiger charge is 2.28. The van der Waals surface area contributed by atoms with Crippen LogP contribution in [0.5, 0.6) is 0 Å². The summed E-state index contributed by atoms with van der Waals surface area (Å²) in [5.41, 5.74) is 7.19. The Morgan fingerprint density at radius 2 is 1.90 bits per heavy atom. The van der Waals surface area contributed by atoms with E-state index in [-0.39, 0.29) is 17.5 Å². The quantitative estimate of drug-likeness (QED) is 0.727. The Hall–Kier alpha value is -3.42. The highest BCUT2D eigenvalue weighted by molar-refractivity contribution is 5.94. The average Bonchev–Trinajstić information content (AvgIpc) is 3.02. The molecule has 1 aromatic carbocycles. The van der Waals surface area contributed by atoms with E-state index < -0.39 is 0 Å². The van der Waals surface area contributed by atoms with Crippen LogP contribution in [0.1, 0.15) is 40.5 Å². The number of nitrogens with zero attached hydrogens (tertiary/aromatic N) is 5. The van der Waals surface area contributed by atoms with E-state index in [0.717, 1.165) is 24.2 Å². The summed E-state index contributed by atoms with van der Waals surface area (Å²) >= 11 is 0. The summed E-state index contributed by atoms with van der Waals surface area (Å²) in [6.45, 7) is 1.72. The first-order valence-corrected chi connectivity index (χ1v) is 9.71. The van der Waals surface area contributed by atoms with Crippen molar-refractivity contribution in [1.82, 2.24) is 24.2 Å². The van der Waals surface area contributed by atoms with E-state index in [0.29, 0.717) is 31.0 Å². The Balaban J connectivity index is 1.49. The Labute approximate surface area is 168 Å². The maximum absolute atomic E-state index is 12.7. The first-order valence-electron chi connectivity index (χ1n) is 9.71. The second-order valence-corrected chi connectivity index (χ2v) is 7.37. The van der Waals surface area contributed by atoms with Gasteiger partial charge in [0.05, 0.1) is 6.54 Å². The smallest absolute Gasteiger partial charge is 0.345 e. The van der Waals surface area contributed by atoms with E-state index in [4.69, 9.17) is 5.73 Å². The molecule has 1 aliphatic rings. The molecule has 1 saturated heterocycles. The van der Waals surface area contributed by atoms with Gasteiger partial charge in [-0.05, 0) is 30.5 Å². The van der Waals surface area contributed by atoms with Gasteiger partial charge in [-0.25, -0.2) is 14.5 Å². The molecule has 0 saturated carbocycles. The topological polar surface area (TPSA) is 99.0 Å². The Morgan fingerprint density at radius 3 is 2.59 bits per heavy atom. The zero-order chi connectivity index (χ0) is 20.4. The van der Waals surface area contributed by atoms with E-state index in [2.05, 4.69) is 10.1 Å². The van der Waals surface area contributed by atoms with Gasteiger partial charge in [0.2, 0.25) is 0 Å². The van der Waals surface area contributed by atoms with E-state index in [1.54, 1.807) is 29.9 Å². The molecule has 2 N–H and O–H groups in total. The zero-order valence-electron chi connectivity index (χ0n) is 16.4. The number of pyridine rings is 1. The van der Waals surface area contributed by atoms with Crippen molar-refractivity contribution < 1.29 is 4.79 Å². The third-order valence-corrected chi connectivity index (χ3v) is 5.40. The van der Waals surface area contributed by atoms with Crippen LogP contribution in [0, 0.1) is 0 Å². The fraction of sp³-hybridized carbons (Fsp3) is 0.333. The van der Waals surface area contributed by atoms with Crippen molar-refractivity contribution in [2.75, 3.05) is 18.8 Å². The number of benzene rings is 1. The lowest BCUT2D eigenvalue weighted by molar-refractivity contribution is 0.0710. The van der Waals surface area contributed by atoms with E-state index in [1.807, 2.05) is 35.2 Å². The van der Waals surface area contributed by atoms with Gasteiger partial charge in [0.15, 0.2) is 0 Å². The van der Waals surface area contributed by atoms with Crippen molar-refractivity contribution in [3.8, 4) is 0 Å². The molecule has 0 bridgehead atoms. The number of amides is 1. The SMILES string of the molecule is Cn1nc(C2CCN(C(=O)c3ccnc(N)c3)CC2)n(Cc2ccccc2)c1=O. The van der Waals surface area contributed by atoms with Crippen LogP contribution < -0.4 is 11.4 Å². The molecule has 1 aliphatic heterocycles. The summed E-state index contributed by atoms with van der Waals surface area (Å²) in [5, 5.41) is 4.51. The highest BCUT2D eigenvalue weighted by atomic mass is 16.2. The number of aromatic nitrogens is 4. The lowest BCUT2D eigenvalue weighted by Crippen LogP contribution is -2.38. The molecule has 1 fully saturated rings. The van der Waals surface area contributed by atoms with Crippen molar-refractivity contribution in [3.63, 3.8) is 0 Å². The van der Waals surface area contributed by atoms with Gasteiger partial charge in [0.25, 0.3) is 5.91 Å². The van der Waals surface area contributed by atoms with Crippen molar-refractivity contribution >= 4 is 11.7 Å². The number of rotatable bonds is 4. The minimum Gasteiger partial charge on any atom is -0.384 e. The average molecular weight is 392 g/mol. The highest BCUT2D eigenvalue weighted by Crippen LogP contribution is 2.27. The molecule has 8 nitrogen and oxygen atoms in total. The zero-order valence-corrected chi connectivity index (χ0v) is 16.4. The summed E-state index contributed by atoms with van der Waals surface area (Å²) in [6, 6.07) is 13.2. The van der Waals surface area contributed by atoms with Crippen molar-refractivity contribution in [2.45, 2.75) is 25.3 Å². The molecule has 0 atom stereocenters. The van der Waals surface area contributed by atoms with Gasteiger partial charge in [0.1, 0.15) is 11.6 Å². The molecule has 1 amide bonds. The van der Waals surface area contributed by atoms with E-state index >= 15 is 0 Å². The van der Waals surface area contributed by atoms with Gasteiger partial charge in [-0.1, -0.05) is 30.3 Å². The van der Waals surface area contributed by atoms with Crippen LogP contribution in [0.2, 0.25) is 0 Å². The van der Waals surface area contributed by atoms with Gasteiger partial charge in [-0.15, -0.1) is 0 Å². The van der Waals surface area contributed by atoms with Crippen molar-refractivity contribution in [3.05, 3.63) is 76.1 Å². The molecule has 3 aromatic rings. The normalized spacial score (nSPS) is 14.9. The van der Waals surface area contributed by atoms with Crippen LogP contribution in [-0.4, -0.2) is 43.2 Å². The van der Waals surface area contributed by atoms with E-state index in [1.165, 1.54) is 4.68 Å². The fourth-order valence-corrected chi connectivity index (χ4v) is 3.84. The van der Waals surface area contributed by atoms with Crippen LogP contribution in [0.4, 0.5) is 5.82 Å². The Morgan fingerprint density at radius 1 is 1.17 bits per heavy atom. The predicted octanol–water partition coefficient (Wildman–Crippen LogP) is 1.63. The van der Waals surface area contributed by atoms with Crippen molar-refractivity contribution in [2.24, 2.45) is 7.05 Å². The number of hydrogen-bond acceptors (Lipinski definition) is 5. The van der Waals surface area contributed by atoms with Gasteiger partial charge < -0.3 is 10.6 Å². The third kappa shape index (κ3) is 3.91. The number of piperidine rings is 1. The largest absolute Gasteiger partial charge is 0.384 e. The van der Waals surface area contributed by atoms with Crippen molar-refractivity contribution in [1.29, 1.82) is 0 Å². The molecular weight excluding hydrogens is 368 g/mol. The second-order valence-electron chi connectivity index (χ2n) is 7.37. The molecule has 2 aromatic heterocycles. The number of aryl methyl sites for hydroxylation is 1. The number of carbonyl (C=O) groups excluding carboxylic acids is 1. The Kier molecular flexibility index (Phi) is 5.16. The summed E-state index contributed by atoms with van der Waals surface area (Å²) in [4.78, 5) is 31.1. The van der Waals surface area contributed by atoms with Gasteiger partial charge in [-0.3, -0.25) is 9.36 Å². The van der Waals surface area contributed by atoms with Crippen LogP contribution in [0.15, 0.2) is 53.5 Å². The summed E-state index contributed by atoms with van der Waals surface area (Å²) in [5.74, 6) is 1.23. The third-order valence-electron chi connectivity index (χ3n) is 5.40. The van der Waals surface area contributed by atoms with Gasteiger partial charge >= 0.3 is 5.69 Å². The van der Waals surface area contributed by atoms with Crippen LogP contribution in [0.3, 0.4) is 0 Å². The van der Waals surface area contributed by atoms with E-state index in [9.17, 15) is 9.59 Å². The number of carbonyl (C=O) groups is 1. The second kappa shape index (κ2) is 7.90.